The molecule has 0 amide bonds. The summed E-state index contributed by atoms with van der Waals surface area (Å²) < 4.78 is 7.27. The minimum absolute atomic E-state index is 0.334. The number of aromatic nitrogens is 3. The lowest BCUT2D eigenvalue weighted by molar-refractivity contribution is 0.0597. The van der Waals surface area contributed by atoms with E-state index in [0.29, 0.717) is 31.0 Å². The number of nitrogens with two attached hydrogens (primary N) is 2. The second-order valence-electron chi connectivity index (χ2n) is 7.30. The monoisotopic (exact) mass is 357 g/mol. The Balaban J connectivity index is 2.25. The fraction of sp³-hybridized carbons (Fsp3) is 0.474. The number of hydrogen-bond donors (Lipinski definition) is 3. The van der Waals surface area contributed by atoms with E-state index in [1.165, 1.54) is 5.56 Å². The normalized spacial score (nSPS) is 12.3. The fourth-order valence-electron chi connectivity index (χ4n) is 3.26. The second-order valence-corrected chi connectivity index (χ2v) is 7.30. The van der Waals surface area contributed by atoms with Crippen LogP contribution in [0, 0.1) is 0 Å². The summed E-state index contributed by atoms with van der Waals surface area (Å²) in [5, 5.41) is 11.3. The molecule has 0 atom stereocenters. The van der Waals surface area contributed by atoms with Gasteiger partial charge < -0.3 is 25.9 Å². The smallest absolute Gasteiger partial charge is 0.152 e. The van der Waals surface area contributed by atoms with E-state index >= 15 is 0 Å². The highest BCUT2D eigenvalue weighted by atomic mass is 16.5. The van der Waals surface area contributed by atoms with Gasteiger partial charge in [0.15, 0.2) is 5.82 Å². The van der Waals surface area contributed by atoms with E-state index in [0.717, 1.165) is 35.1 Å². The lowest BCUT2D eigenvalue weighted by atomic mass is 10.1. The molecule has 3 rings (SSSR count). The number of methoxy groups -OCH3 is 1. The topological polar surface area (TPSA) is 112 Å². The standard InChI is InChI=1S/C19H27N5O2/c1-19(2,25)11-24-15(10-26-3)23-16-17(24)13-7-6-12(5-4-8-20)9-14(13)22-18(16)21/h6-7,9,25H,4-5,8,10-11,20H2,1-3H3,(H2,21,22). The van der Waals surface area contributed by atoms with Crippen molar-refractivity contribution in [2.45, 2.75) is 45.4 Å². The summed E-state index contributed by atoms with van der Waals surface area (Å²) in [6.45, 7) is 4.92. The number of anilines is 1. The van der Waals surface area contributed by atoms with Crippen LogP contribution in [0.3, 0.4) is 0 Å². The quantitative estimate of drug-likeness (QED) is 0.596. The van der Waals surface area contributed by atoms with Crippen molar-refractivity contribution in [3.05, 3.63) is 29.6 Å². The van der Waals surface area contributed by atoms with E-state index in [4.69, 9.17) is 16.2 Å². The first-order valence-corrected chi connectivity index (χ1v) is 8.82. The molecular weight excluding hydrogens is 330 g/mol. The molecule has 26 heavy (non-hydrogen) atoms. The lowest BCUT2D eigenvalue weighted by Crippen LogP contribution is -2.27. The third-order valence-corrected chi connectivity index (χ3v) is 4.34. The van der Waals surface area contributed by atoms with Crippen LogP contribution >= 0.6 is 0 Å². The summed E-state index contributed by atoms with van der Waals surface area (Å²) in [5.74, 6) is 1.10. The first kappa shape index (κ1) is 18.6. The second kappa shape index (κ2) is 7.19. The third-order valence-electron chi connectivity index (χ3n) is 4.34. The van der Waals surface area contributed by atoms with Gasteiger partial charge in [-0.15, -0.1) is 0 Å². The van der Waals surface area contributed by atoms with Crippen molar-refractivity contribution in [1.82, 2.24) is 14.5 Å². The number of imidazole rings is 1. The third kappa shape index (κ3) is 3.65. The van der Waals surface area contributed by atoms with E-state index < -0.39 is 5.60 Å². The fourth-order valence-corrected chi connectivity index (χ4v) is 3.26. The molecule has 0 unspecified atom stereocenters. The molecule has 0 aliphatic carbocycles. The summed E-state index contributed by atoms with van der Waals surface area (Å²) in [5.41, 5.74) is 14.4. The number of aliphatic hydroxyl groups is 1. The number of hydrogen-bond acceptors (Lipinski definition) is 6. The van der Waals surface area contributed by atoms with Gasteiger partial charge in [0.05, 0.1) is 23.2 Å². The van der Waals surface area contributed by atoms with Gasteiger partial charge in [-0.25, -0.2) is 9.97 Å². The zero-order chi connectivity index (χ0) is 18.9. The zero-order valence-electron chi connectivity index (χ0n) is 15.6. The number of nitrogens with zero attached hydrogens (tertiary/aromatic N) is 3. The first-order valence-electron chi connectivity index (χ1n) is 8.82. The Labute approximate surface area is 153 Å². The Kier molecular flexibility index (Phi) is 5.13. The van der Waals surface area contributed by atoms with Crippen LogP contribution in [-0.4, -0.2) is 38.9 Å². The zero-order valence-corrected chi connectivity index (χ0v) is 15.6. The predicted octanol–water partition coefficient (Wildman–Crippen LogP) is 1.98. The van der Waals surface area contributed by atoms with Crippen LogP contribution in [0.25, 0.3) is 21.9 Å². The van der Waals surface area contributed by atoms with Crippen molar-refractivity contribution < 1.29 is 9.84 Å². The van der Waals surface area contributed by atoms with E-state index in [-0.39, 0.29) is 0 Å². The molecule has 0 spiro atoms. The van der Waals surface area contributed by atoms with Gasteiger partial charge >= 0.3 is 0 Å². The molecule has 2 heterocycles. The van der Waals surface area contributed by atoms with Crippen LogP contribution in [0.2, 0.25) is 0 Å². The molecule has 7 heteroatoms. The molecule has 3 aromatic rings. The van der Waals surface area contributed by atoms with Gasteiger partial charge in [-0.2, -0.15) is 0 Å². The van der Waals surface area contributed by atoms with Crippen LogP contribution in [0.5, 0.6) is 0 Å². The minimum Gasteiger partial charge on any atom is -0.389 e. The SMILES string of the molecule is COCc1nc2c(N)nc3cc(CCCN)ccc3c2n1CC(C)(C)O. The first-order chi connectivity index (χ1) is 12.3. The van der Waals surface area contributed by atoms with Gasteiger partial charge in [-0.1, -0.05) is 12.1 Å². The Morgan fingerprint density at radius 1 is 1.27 bits per heavy atom. The van der Waals surface area contributed by atoms with Crippen LogP contribution in [0.4, 0.5) is 5.82 Å². The van der Waals surface area contributed by atoms with Crippen LogP contribution in [-0.2, 0) is 24.3 Å². The molecule has 5 N–H and O–H groups in total. The number of aryl methyl sites for hydroxylation is 1. The molecule has 2 aromatic heterocycles. The number of pyridine rings is 1. The van der Waals surface area contributed by atoms with Crippen molar-refractivity contribution in [2.75, 3.05) is 19.4 Å². The van der Waals surface area contributed by atoms with E-state index in [1.807, 2.05) is 4.57 Å². The van der Waals surface area contributed by atoms with Crippen molar-refractivity contribution >= 4 is 27.8 Å². The maximum atomic E-state index is 10.4. The Hall–Kier alpha value is -2.22. The van der Waals surface area contributed by atoms with Crippen molar-refractivity contribution in [3.8, 4) is 0 Å². The van der Waals surface area contributed by atoms with Gasteiger partial charge in [-0.3, -0.25) is 0 Å². The Morgan fingerprint density at radius 3 is 2.69 bits per heavy atom. The van der Waals surface area contributed by atoms with Crippen LogP contribution < -0.4 is 11.5 Å². The molecule has 0 fully saturated rings. The van der Waals surface area contributed by atoms with E-state index in [1.54, 1.807) is 21.0 Å². The van der Waals surface area contributed by atoms with E-state index in [2.05, 4.69) is 28.2 Å². The number of rotatable bonds is 7. The van der Waals surface area contributed by atoms with E-state index in [9.17, 15) is 5.11 Å². The van der Waals surface area contributed by atoms with Gasteiger partial charge in [0.2, 0.25) is 0 Å². The van der Waals surface area contributed by atoms with Gasteiger partial charge in [0.25, 0.3) is 0 Å². The van der Waals surface area contributed by atoms with Crippen molar-refractivity contribution in [1.29, 1.82) is 0 Å². The maximum absolute atomic E-state index is 10.4. The summed E-state index contributed by atoms with van der Waals surface area (Å²) in [7, 11) is 1.62. The summed E-state index contributed by atoms with van der Waals surface area (Å²) in [6.07, 6.45) is 1.84. The molecule has 1 aromatic carbocycles. The number of fused-ring (bicyclic) bond motifs is 3. The molecule has 0 aliphatic heterocycles. The highest BCUT2D eigenvalue weighted by Crippen LogP contribution is 2.31. The molecular formula is C19H27N5O2. The minimum atomic E-state index is -0.901. The molecule has 0 saturated heterocycles. The molecule has 0 aliphatic rings. The average molecular weight is 357 g/mol. The van der Waals surface area contributed by atoms with Gasteiger partial charge in [-0.05, 0) is 44.9 Å². The predicted molar refractivity (Wildman–Crippen MR) is 104 cm³/mol. The van der Waals surface area contributed by atoms with Gasteiger partial charge in [0.1, 0.15) is 17.9 Å². The highest BCUT2D eigenvalue weighted by molar-refractivity contribution is 6.06. The summed E-state index contributed by atoms with van der Waals surface area (Å²) in [4.78, 5) is 9.18. The molecule has 7 nitrogen and oxygen atoms in total. The molecule has 0 saturated carbocycles. The Bertz CT molecular complexity index is 927. The lowest BCUT2D eigenvalue weighted by Gasteiger charge is -2.20. The maximum Gasteiger partial charge on any atom is 0.152 e. The van der Waals surface area contributed by atoms with Gasteiger partial charge in [0, 0.05) is 12.5 Å². The largest absolute Gasteiger partial charge is 0.389 e. The van der Waals surface area contributed by atoms with Crippen molar-refractivity contribution in [3.63, 3.8) is 0 Å². The number of benzene rings is 1. The molecule has 140 valence electrons. The highest BCUT2D eigenvalue weighted by Gasteiger charge is 2.22. The molecule has 0 radical (unpaired) electrons. The van der Waals surface area contributed by atoms with Crippen molar-refractivity contribution in [2.24, 2.45) is 5.73 Å². The summed E-state index contributed by atoms with van der Waals surface area (Å²) >= 11 is 0. The Morgan fingerprint density at radius 2 is 2.04 bits per heavy atom. The van der Waals surface area contributed by atoms with Crippen LogP contribution in [0.1, 0.15) is 31.7 Å². The number of ether oxygens (including phenoxy) is 1. The summed E-state index contributed by atoms with van der Waals surface area (Å²) in [6, 6.07) is 6.19. The average Bonchev–Trinajstić information content (AvgIpc) is 2.91. The van der Waals surface area contributed by atoms with Crippen LogP contribution in [0.15, 0.2) is 18.2 Å². The number of nitrogen functional groups attached to an aromatic ring is 1. The molecule has 0 bridgehead atoms.